The van der Waals surface area contributed by atoms with Crippen molar-refractivity contribution in [2.24, 2.45) is 0 Å². The van der Waals surface area contributed by atoms with Crippen molar-refractivity contribution in [3.05, 3.63) is 21.9 Å². The number of hydrogen-bond acceptors (Lipinski definition) is 3. The number of amides is 2. The molecule has 1 aromatic rings. The van der Waals surface area contributed by atoms with Gasteiger partial charge in [0, 0.05) is 29.3 Å². The maximum Gasteiger partial charge on any atom is 0.245 e. The molecule has 4 nitrogen and oxygen atoms in total. The summed E-state index contributed by atoms with van der Waals surface area (Å²) in [5.41, 5.74) is 0. The summed E-state index contributed by atoms with van der Waals surface area (Å²) in [7, 11) is 0. The molecule has 3 rings (SSSR count). The first kappa shape index (κ1) is 12.7. The van der Waals surface area contributed by atoms with Gasteiger partial charge < -0.3 is 9.80 Å². The van der Waals surface area contributed by atoms with E-state index in [-0.39, 0.29) is 17.9 Å². The van der Waals surface area contributed by atoms with Gasteiger partial charge in [-0.3, -0.25) is 9.59 Å². The molecular formula is C14H18N2O2S. The van der Waals surface area contributed by atoms with Gasteiger partial charge in [-0.05, 0) is 31.9 Å². The van der Waals surface area contributed by atoms with E-state index in [1.807, 2.05) is 4.90 Å². The second kappa shape index (κ2) is 4.96. The van der Waals surface area contributed by atoms with Crippen LogP contribution < -0.4 is 0 Å². The van der Waals surface area contributed by atoms with Gasteiger partial charge in [-0.15, -0.1) is 11.3 Å². The van der Waals surface area contributed by atoms with E-state index in [4.69, 9.17) is 0 Å². The molecule has 2 aliphatic rings. The summed E-state index contributed by atoms with van der Waals surface area (Å²) in [5, 5.41) is 0. The summed E-state index contributed by atoms with van der Waals surface area (Å²) in [4.78, 5) is 30.6. The minimum Gasteiger partial charge on any atom is -0.335 e. The number of hydrogen-bond donors (Lipinski definition) is 0. The Labute approximate surface area is 117 Å². The minimum atomic E-state index is -0.198. The molecule has 1 atom stereocenters. The molecule has 2 saturated heterocycles. The Hall–Kier alpha value is -1.36. The Kier molecular flexibility index (Phi) is 3.31. The van der Waals surface area contributed by atoms with Crippen molar-refractivity contribution in [1.82, 2.24) is 9.80 Å². The van der Waals surface area contributed by atoms with Crippen LogP contribution in [0.25, 0.3) is 0 Å². The lowest BCUT2D eigenvalue weighted by Gasteiger charge is -2.24. The van der Waals surface area contributed by atoms with Crippen LogP contribution in [0, 0.1) is 6.92 Å². The molecule has 0 aromatic carbocycles. The van der Waals surface area contributed by atoms with Gasteiger partial charge in [-0.2, -0.15) is 0 Å². The van der Waals surface area contributed by atoms with Crippen LogP contribution in [0.15, 0.2) is 12.1 Å². The molecule has 2 fully saturated rings. The van der Waals surface area contributed by atoms with Crippen LogP contribution in [0.1, 0.15) is 29.0 Å². The Bertz CT molecular complexity index is 511. The predicted molar refractivity (Wildman–Crippen MR) is 73.8 cm³/mol. The van der Waals surface area contributed by atoms with E-state index >= 15 is 0 Å². The van der Waals surface area contributed by atoms with Crippen LogP contribution in [-0.2, 0) is 16.1 Å². The van der Waals surface area contributed by atoms with E-state index < -0.39 is 0 Å². The lowest BCUT2D eigenvalue weighted by Crippen LogP contribution is -2.43. The molecule has 0 N–H and O–H groups in total. The minimum absolute atomic E-state index is 0.134. The van der Waals surface area contributed by atoms with E-state index in [0.717, 1.165) is 19.4 Å². The standard InChI is InChI=1S/C14H18N2O2S/c1-10-4-5-11(19-10)9-15-8-6-13(17)16-7-2-3-12(16)14(15)18/h4-5,12H,2-3,6-9H2,1H3. The molecule has 3 heterocycles. The number of rotatable bonds is 2. The van der Waals surface area contributed by atoms with Crippen molar-refractivity contribution in [2.45, 2.75) is 38.8 Å². The summed E-state index contributed by atoms with van der Waals surface area (Å²) in [6.07, 6.45) is 2.24. The zero-order chi connectivity index (χ0) is 13.4. The first-order valence-electron chi connectivity index (χ1n) is 6.79. The molecule has 2 aliphatic heterocycles. The van der Waals surface area contributed by atoms with Gasteiger partial charge in [-0.1, -0.05) is 0 Å². The van der Waals surface area contributed by atoms with Crippen molar-refractivity contribution >= 4 is 23.2 Å². The zero-order valence-corrected chi connectivity index (χ0v) is 11.9. The average molecular weight is 278 g/mol. The number of carbonyl (C=O) groups is 2. The molecule has 0 radical (unpaired) electrons. The molecule has 102 valence electrons. The van der Waals surface area contributed by atoms with E-state index in [2.05, 4.69) is 19.1 Å². The fraction of sp³-hybridized carbons (Fsp3) is 0.571. The van der Waals surface area contributed by atoms with Crippen LogP contribution in [0.2, 0.25) is 0 Å². The number of nitrogens with zero attached hydrogens (tertiary/aromatic N) is 2. The van der Waals surface area contributed by atoms with Crippen molar-refractivity contribution in [3.63, 3.8) is 0 Å². The highest BCUT2D eigenvalue weighted by molar-refractivity contribution is 7.11. The largest absolute Gasteiger partial charge is 0.335 e. The van der Waals surface area contributed by atoms with Gasteiger partial charge in [0.05, 0.1) is 6.54 Å². The van der Waals surface area contributed by atoms with E-state index in [1.165, 1.54) is 9.75 Å². The van der Waals surface area contributed by atoms with Crippen LogP contribution in [0.3, 0.4) is 0 Å². The molecule has 1 unspecified atom stereocenters. The number of fused-ring (bicyclic) bond motifs is 1. The molecule has 2 amide bonds. The van der Waals surface area contributed by atoms with Gasteiger partial charge in [0.25, 0.3) is 0 Å². The predicted octanol–water partition coefficient (Wildman–Crippen LogP) is 1.78. The van der Waals surface area contributed by atoms with Crippen LogP contribution >= 0.6 is 11.3 Å². The summed E-state index contributed by atoms with van der Waals surface area (Å²) in [6, 6.07) is 3.96. The van der Waals surface area contributed by atoms with Gasteiger partial charge in [-0.25, -0.2) is 0 Å². The third-order valence-electron chi connectivity index (χ3n) is 3.91. The van der Waals surface area contributed by atoms with Gasteiger partial charge in [0.15, 0.2) is 0 Å². The van der Waals surface area contributed by atoms with Gasteiger partial charge in [0.2, 0.25) is 11.8 Å². The molecule has 1 aromatic heterocycles. The zero-order valence-electron chi connectivity index (χ0n) is 11.1. The molecule has 5 heteroatoms. The van der Waals surface area contributed by atoms with Crippen molar-refractivity contribution in [3.8, 4) is 0 Å². The van der Waals surface area contributed by atoms with E-state index in [9.17, 15) is 9.59 Å². The topological polar surface area (TPSA) is 40.6 Å². The third-order valence-corrected chi connectivity index (χ3v) is 4.89. The van der Waals surface area contributed by atoms with Crippen LogP contribution in [-0.4, -0.2) is 40.7 Å². The average Bonchev–Trinajstić information content (AvgIpc) is 2.99. The normalized spacial score (nSPS) is 23.7. The SMILES string of the molecule is Cc1ccc(CN2CCC(=O)N3CCCC3C2=O)s1. The fourth-order valence-electron chi connectivity index (χ4n) is 2.93. The first-order chi connectivity index (χ1) is 9.15. The molecule has 0 spiro atoms. The summed E-state index contributed by atoms with van der Waals surface area (Å²) in [6.45, 7) is 4.03. The second-order valence-electron chi connectivity index (χ2n) is 5.27. The number of aryl methyl sites for hydroxylation is 1. The summed E-state index contributed by atoms with van der Waals surface area (Å²) >= 11 is 1.72. The van der Waals surface area contributed by atoms with Crippen molar-refractivity contribution in [2.75, 3.05) is 13.1 Å². The molecule has 0 saturated carbocycles. The summed E-state index contributed by atoms with van der Waals surface area (Å²) < 4.78 is 0. The van der Waals surface area contributed by atoms with Gasteiger partial charge >= 0.3 is 0 Å². The molecule has 0 aliphatic carbocycles. The fourth-order valence-corrected chi connectivity index (χ4v) is 3.84. The second-order valence-corrected chi connectivity index (χ2v) is 6.64. The lowest BCUT2D eigenvalue weighted by molar-refractivity contribution is -0.139. The highest BCUT2D eigenvalue weighted by Gasteiger charge is 2.39. The van der Waals surface area contributed by atoms with Gasteiger partial charge in [0.1, 0.15) is 6.04 Å². The van der Waals surface area contributed by atoms with E-state index in [1.54, 1.807) is 16.2 Å². The highest BCUT2D eigenvalue weighted by atomic mass is 32.1. The monoisotopic (exact) mass is 278 g/mol. The Morgan fingerprint density at radius 3 is 2.89 bits per heavy atom. The number of thiophene rings is 1. The Balaban J connectivity index is 1.78. The summed E-state index contributed by atoms with van der Waals surface area (Å²) in [5.74, 6) is 0.273. The Morgan fingerprint density at radius 2 is 2.16 bits per heavy atom. The number of carbonyl (C=O) groups excluding carboxylic acids is 2. The highest BCUT2D eigenvalue weighted by Crippen LogP contribution is 2.25. The molecule has 19 heavy (non-hydrogen) atoms. The maximum absolute atomic E-state index is 12.5. The third kappa shape index (κ3) is 2.39. The van der Waals surface area contributed by atoms with Crippen LogP contribution in [0.4, 0.5) is 0 Å². The lowest BCUT2D eigenvalue weighted by atomic mass is 10.2. The molecule has 0 bridgehead atoms. The first-order valence-corrected chi connectivity index (χ1v) is 7.60. The molecular weight excluding hydrogens is 260 g/mol. The van der Waals surface area contributed by atoms with Crippen LogP contribution in [0.5, 0.6) is 0 Å². The quantitative estimate of drug-likeness (QED) is 0.827. The van der Waals surface area contributed by atoms with E-state index in [0.29, 0.717) is 19.5 Å². The maximum atomic E-state index is 12.5. The Morgan fingerprint density at radius 1 is 1.32 bits per heavy atom. The van der Waals surface area contributed by atoms with Crippen molar-refractivity contribution in [1.29, 1.82) is 0 Å². The van der Waals surface area contributed by atoms with Crippen molar-refractivity contribution < 1.29 is 9.59 Å². The smallest absolute Gasteiger partial charge is 0.245 e.